The van der Waals surface area contributed by atoms with Crippen molar-refractivity contribution in [3.05, 3.63) is 0 Å². The molecule has 1 fully saturated rings. The fourth-order valence-corrected chi connectivity index (χ4v) is 2.15. The first-order valence-corrected chi connectivity index (χ1v) is 6.64. The Balaban J connectivity index is 2.37. The van der Waals surface area contributed by atoms with Crippen molar-refractivity contribution in [2.24, 2.45) is 5.73 Å². The van der Waals surface area contributed by atoms with Gasteiger partial charge >= 0.3 is 12.0 Å². The summed E-state index contributed by atoms with van der Waals surface area (Å²) in [6.07, 6.45) is 2.10. The molecule has 1 atom stereocenters. The maximum Gasteiger partial charge on any atom is 0.326 e. The van der Waals surface area contributed by atoms with Crippen LogP contribution in [0.4, 0.5) is 4.79 Å². The molecule has 0 aromatic heterocycles. The number of aliphatic hydroxyl groups excluding tert-OH is 1. The minimum Gasteiger partial charge on any atom is -0.480 e. The normalized spacial score (nSPS) is 23.6. The number of urea groups is 1. The molecule has 6 N–H and O–H groups in total. The Bertz CT molecular complexity index is 366. The molecule has 0 aromatic carbocycles. The topological polar surface area (TPSA) is 142 Å². The molecule has 1 aliphatic carbocycles. The average Bonchev–Trinajstić information content (AvgIpc) is 2.36. The van der Waals surface area contributed by atoms with E-state index in [1.54, 1.807) is 0 Å². The minimum atomic E-state index is -1.21. The van der Waals surface area contributed by atoms with Gasteiger partial charge in [0.15, 0.2) is 0 Å². The van der Waals surface area contributed by atoms with E-state index in [2.05, 4.69) is 10.6 Å². The summed E-state index contributed by atoms with van der Waals surface area (Å²) in [5.74, 6) is -1.82. The van der Waals surface area contributed by atoms with E-state index in [1.165, 1.54) is 0 Å². The van der Waals surface area contributed by atoms with Crippen molar-refractivity contribution in [1.29, 1.82) is 0 Å². The number of carbonyl (C=O) groups excluding carboxylic acids is 2. The first-order valence-electron chi connectivity index (χ1n) is 6.64. The number of aliphatic hydroxyl groups is 1. The number of nitrogens with two attached hydrogens (primary N) is 1. The lowest BCUT2D eigenvalue weighted by molar-refractivity contribution is -0.139. The third-order valence-electron chi connectivity index (χ3n) is 3.31. The van der Waals surface area contributed by atoms with E-state index in [9.17, 15) is 19.5 Å². The molecule has 0 saturated heterocycles. The molecule has 0 unspecified atom stereocenters. The van der Waals surface area contributed by atoms with Crippen LogP contribution in [0.15, 0.2) is 0 Å². The third kappa shape index (κ3) is 5.87. The quantitative estimate of drug-likeness (QED) is 0.439. The largest absolute Gasteiger partial charge is 0.480 e. The fourth-order valence-electron chi connectivity index (χ4n) is 2.15. The van der Waals surface area contributed by atoms with Crippen LogP contribution in [0.3, 0.4) is 0 Å². The number of carboxylic acids is 1. The lowest BCUT2D eigenvalue weighted by Gasteiger charge is -2.26. The minimum absolute atomic E-state index is 0.0402. The first kappa shape index (κ1) is 16.2. The highest BCUT2D eigenvalue weighted by molar-refractivity contribution is 5.83. The first-order chi connectivity index (χ1) is 9.38. The van der Waals surface area contributed by atoms with Gasteiger partial charge < -0.3 is 26.6 Å². The maximum atomic E-state index is 11.7. The molecule has 20 heavy (non-hydrogen) atoms. The molecule has 114 valence electrons. The van der Waals surface area contributed by atoms with Crippen LogP contribution in [0.25, 0.3) is 0 Å². The number of primary amides is 1. The number of aliphatic carboxylic acids is 1. The molecule has 1 saturated carbocycles. The van der Waals surface area contributed by atoms with Gasteiger partial charge in [-0.05, 0) is 32.1 Å². The van der Waals surface area contributed by atoms with Crippen molar-refractivity contribution in [2.45, 2.75) is 56.7 Å². The zero-order valence-corrected chi connectivity index (χ0v) is 11.2. The molecule has 8 nitrogen and oxygen atoms in total. The number of nitrogens with one attached hydrogen (secondary N) is 2. The number of carbonyl (C=O) groups is 3. The van der Waals surface area contributed by atoms with Gasteiger partial charge in [-0.1, -0.05) is 0 Å². The summed E-state index contributed by atoms with van der Waals surface area (Å²) in [7, 11) is 0. The number of amides is 3. The molecule has 8 heteroatoms. The lowest BCUT2D eigenvalue weighted by atomic mass is 9.93. The van der Waals surface area contributed by atoms with E-state index in [0.29, 0.717) is 25.7 Å². The Morgan fingerprint density at radius 1 is 1.20 bits per heavy atom. The molecule has 0 radical (unpaired) electrons. The van der Waals surface area contributed by atoms with Gasteiger partial charge in [-0.2, -0.15) is 0 Å². The Kier molecular flexibility index (Phi) is 6.23. The van der Waals surface area contributed by atoms with Crippen LogP contribution >= 0.6 is 0 Å². The second-order valence-corrected chi connectivity index (χ2v) is 5.02. The smallest absolute Gasteiger partial charge is 0.326 e. The number of hydrogen-bond acceptors (Lipinski definition) is 4. The summed E-state index contributed by atoms with van der Waals surface area (Å²) >= 11 is 0. The second-order valence-electron chi connectivity index (χ2n) is 5.02. The summed E-state index contributed by atoms with van der Waals surface area (Å²) in [4.78, 5) is 33.3. The predicted octanol–water partition coefficient (Wildman–Crippen LogP) is -0.692. The van der Waals surface area contributed by atoms with Gasteiger partial charge in [0.1, 0.15) is 6.04 Å². The zero-order valence-electron chi connectivity index (χ0n) is 11.2. The number of hydrogen-bond donors (Lipinski definition) is 5. The SMILES string of the molecule is NC(=O)CC[C@@H](NC(=O)NC1CCC(O)CC1)C(=O)O. The van der Waals surface area contributed by atoms with Crippen molar-refractivity contribution in [3.63, 3.8) is 0 Å². The van der Waals surface area contributed by atoms with Crippen molar-refractivity contribution in [3.8, 4) is 0 Å². The fraction of sp³-hybridized carbons (Fsp3) is 0.750. The van der Waals surface area contributed by atoms with E-state index in [0.717, 1.165) is 0 Å². The molecule has 0 spiro atoms. The van der Waals surface area contributed by atoms with E-state index < -0.39 is 23.9 Å². The monoisotopic (exact) mass is 287 g/mol. The summed E-state index contributed by atoms with van der Waals surface area (Å²) in [5.41, 5.74) is 4.95. The third-order valence-corrected chi connectivity index (χ3v) is 3.31. The highest BCUT2D eigenvalue weighted by atomic mass is 16.4. The summed E-state index contributed by atoms with van der Waals surface area (Å²) in [6, 6.07) is -1.79. The summed E-state index contributed by atoms with van der Waals surface area (Å²) in [6.45, 7) is 0. The summed E-state index contributed by atoms with van der Waals surface area (Å²) in [5, 5.41) is 23.3. The Morgan fingerprint density at radius 3 is 2.30 bits per heavy atom. The van der Waals surface area contributed by atoms with Gasteiger partial charge in [0.25, 0.3) is 0 Å². The molecule has 1 rings (SSSR count). The van der Waals surface area contributed by atoms with Crippen molar-refractivity contribution in [1.82, 2.24) is 10.6 Å². The van der Waals surface area contributed by atoms with Gasteiger partial charge in [0.05, 0.1) is 6.10 Å². The maximum absolute atomic E-state index is 11.7. The Morgan fingerprint density at radius 2 is 1.80 bits per heavy atom. The van der Waals surface area contributed by atoms with Crippen molar-refractivity contribution >= 4 is 17.9 Å². The molecule has 0 aromatic rings. The van der Waals surface area contributed by atoms with E-state index in [1.807, 2.05) is 0 Å². The molecular formula is C12H21N3O5. The lowest BCUT2D eigenvalue weighted by Crippen LogP contribution is -2.50. The van der Waals surface area contributed by atoms with Gasteiger partial charge in [-0.15, -0.1) is 0 Å². The summed E-state index contributed by atoms with van der Waals surface area (Å²) < 4.78 is 0. The van der Waals surface area contributed by atoms with E-state index in [4.69, 9.17) is 10.8 Å². The standard InChI is InChI=1S/C12H21N3O5/c13-10(17)6-5-9(11(18)19)15-12(20)14-7-1-3-8(16)4-2-7/h7-9,16H,1-6H2,(H2,13,17)(H,18,19)(H2,14,15,20)/t7?,8?,9-/m1/s1. The Hall–Kier alpha value is -1.83. The second kappa shape index (κ2) is 7.68. The molecule has 0 heterocycles. The van der Waals surface area contributed by atoms with E-state index >= 15 is 0 Å². The van der Waals surface area contributed by atoms with Crippen LogP contribution < -0.4 is 16.4 Å². The highest BCUT2D eigenvalue weighted by Gasteiger charge is 2.24. The van der Waals surface area contributed by atoms with E-state index in [-0.39, 0.29) is 25.0 Å². The van der Waals surface area contributed by atoms with Gasteiger partial charge in [-0.3, -0.25) is 4.79 Å². The van der Waals surface area contributed by atoms with Crippen molar-refractivity contribution in [2.75, 3.05) is 0 Å². The average molecular weight is 287 g/mol. The van der Waals surface area contributed by atoms with Crippen LogP contribution in [0, 0.1) is 0 Å². The Labute approximate surface area is 116 Å². The van der Waals surface area contributed by atoms with Gasteiger partial charge in [0.2, 0.25) is 5.91 Å². The molecule has 0 bridgehead atoms. The van der Waals surface area contributed by atoms with Gasteiger partial charge in [0, 0.05) is 12.5 Å². The van der Waals surface area contributed by atoms with Gasteiger partial charge in [-0.25, -0.2) is 9.59 Å². The zero-order chi connectivity index (χ0) is 15.1. The number of carboxylic acid groups (broad SMARTS) is 1. The van der Waals surface area contributed by atoms with Crippen LogP contribution in [-0.4, -0.2) is 46.3 Å². The highest BCUT2D eigenvalue weighted by Crippen LogP contribution is 2.18. The molecule has 0 aliphatic heterocycles. The predicted molar refractivity (Wildman–Crippen MR) is 69.8 cm³/mol. The van der Waals surface area contributed by atoms with Crippen LogP contribution in [0.1, 0.15) is 38.5 Å². The van der Waals surface area contributed by atoms with Crippen molar-refractivity contribution < 1.29 is 24.6 Å². The van der Waals surface area contributed by atoms with Crippen LogP contribution in [-0.2, 0) is 9.59 Å². The molecular weight excluding hydrogens is 266 g/mol. The van der Waals surface area contributed by atoms with Crippen LogP contribution in [0.5, 0.6) is 0 Å². The molecule has 3 amide bonds. The number of rotatable bonds is 6. The van der Waals surface area contributed by atoms with Crippen LogP contribution in [0.2, 0.25) is 0 Å². The molecule has 1 aliphatic rings.